The Morgan fingerprint density at radius 2 is 2.25 bits per heavy atom. The molecule has 0 aromatic rings. The number of hydrogen-bond acceptors (Lipinski definition) is 4. The van der Waals surface area contributed by atoms with Gasteiger partial charge >= 0.3 is 0 Å². The molecule has 0 aromatic heterocycles. The molecule has 2 aliphatic rings. The molecule has 2 rings (SSSR count). The number of aliphatic hydroxyl groups is 1. The zero-order chi connectivity index (χ0) is 11.6. The monoisotopic (exact) mass is 229 g/mol. The topological polar surface area (TPSA) is 41.9 Å². The van der Waals surface area contributed by atoms with Crippen LogP contribution in [-0.4, -0.2) is 61.7 Å². The first-order chi connectivity index (χ1) is 7.65. The highest BCUT2D eigenvalue weighted by Gasteiger charge is 2.38. The molecule has 0 aromatic carbocycles. The lowest BCUT2D eigenvalue weighted by Crippen LogP contribution is -2.52. The number of aliphatic hydroxyl groups excluding tert-OH is 1. The number of morpholine rings is 1. The van der Waals surface area contributed by atoms with Gasteiger partial charge in [-0.3, -0.25) is 4.90 Å². The largest absolute Gasteiger partial charge is 0.396 e. The van der Waals surface area contributed by atoms with Crippen molar-refractivity contribution in [3.63, 3.8) is 0 Å². The van der Waals surface area contributed by atoms with Crippen molar-refractivity contribution in [2.75, 3.05) is 39.5 Å². The first-order valence-corrected chi connectivity index (χ1v) is 6.19. The molecular weight excluding hydrogens is 206 g/mol. The summed E-state index contributed by atoms with van der Waals surface area (Å²) in [6.07, 6.45) is 1.27. The summed E-state index contributed by atoms with van der Waals surface area (Å²) < 4.78 is 11.1. The molecule has 1 N–H and O–H groups in total. The third-order valence-corrected chi connectivity index (χ3v) is 3.80. The second-order valence-corrected chi connectivity index (χ2v) is 5.38. The summed E-state index contributed by atoms with van der Waals surface area (Å²) in [5, 5.41) is 9.56. The van der Waals surface area contributed by atoms with Gasteiger partial charge in [0.2, 0.25) is 0 Å². The SMILES string of the molecule is CC1CN(CC2(CO)CCOC2)C(C)CO1. The van der Waals surface area contributed by atoms with Crippen molar-refractivity contribution >= 4 is 0 Å². The Kier molecular flexibility index (Phi) is 3.85. The molecule has 2 fully saturated rings. The molecule has 2 saturated heterocycles. The van der Waals surface area contributed by atoms with Crippen molar-refractivity contribution in [1.29, 1.82) is 0 Å². The lowest BCUT2D eigenvalue weighted by molar-refractivity contribution is -0.0694. The molecule has 3 unspecified atom stereocenters. The maximum atomic E-state index is 9.56. The number of ether oxygens (including phenoxy) is 2. The molecule has 0 spiro atoms. The Hall–Kier alpha value is -0.160. The number of nitrogens with zero attached hydrogens (tertiary/aromatic N) is 1. The Bertz CT molecular complexity index is 228. The van der Waals surface area contributed by atoms with Crippen molar-refractivity contribution in [3.05, 3.63) is 0 Å². The molecule has 16 heavy (non-hydrogen) atoms. The van der Waals surface area contributed by atoms with Crippen LogP contribution in [0.1, 0.15) is 20.3 Å². The Balaban J connectivity index is 1.96. The van der Waals surface area contributed by atoms with Crippen LogP contribution in [0.2, 0.25) is 0 Å². The van der Waals surface area contributed by atoms with Gasteiger partial charge in [0, 0.05) is 31.2 Å². The molecule has 0 aliphatic carbocycles. The van der Waals surface area contributed by atoms with Crippen molar-refractivity contribution in [1.82, 2.24) is 4.90 Å². The van der Waals surface area contributed by atoms with E-state index in [0.29, 0.717) is 18.8 Å². The van der Waals surface area contributed by atoms with Gasteiger partial charge in [0.05, 0.1) is 25.9 Å². The van der Waals surface area contributed by atoms with E-state index >= 15 is 0 Å². The molecule has 0 bridgehead atoms. The first-order valence-electron chi connectivity index (χ1n) is 6.19. The molecule has 4 nitrogen and oxygen atoms in total. The van der Waals surface area contributed by atoms with Crippen molar-refractivity contribution in [3.8, 4) is 0 Å². The first kappa shape index (κ1) is 12.3. The second-order valence-electron chi connectivity index (χ2n) is 5.38. The molecule has 0 amide bonds. The number of hydrogen-bond donors (Lipinski definition) is 1. The van der Waals surface area contributed by atoms with E-state index in [1.165, 1.54) is 0 Å². The molecule has 0 saturated carbocycles. The van der Waals surface area contributed by atoms with Crippen LogP contribution in [0.3, 0.4) is 0 Å². The van der Waals surface area contributed by atoms with Gasteiger partial charge in [-0.25, -0.2) is 0 Å². The summed E-state index contributed by atoms with van der Waals surface area (Å²) >= 11 is 0. The van der Waals surface area contributed by atoms with Crippen molar-refractivity contribution in [2.24, 2.45) is 5.41 Å². The maximum absolute atomic E-state index is 9.56. The molecule has 4 heteroatoms. The van der Waals surface area contributed by atoms with Gasteiger partial charge in [0.25, 0.3) is 0 Å². The summed E-state index contributed by atoms with van der Waals surface area (Å²) in [7, 11) is 0. The van der Waals surface area contributed by atoms with Crippen LogP contribution in [0.25, 0.3) is 0 Å². The van der Waals surface area contributed by atoms with Gasteiger partial charge in [-0.15, -0.1) is 0 Å². The van der Waals surface area contributed by atoms with Crippen LogP contribution in [0.15, 0.2) is 0 Å². The summed E-state index contributed by atoms with van der Waals surface area (Å²) in [5.41, 5.74) is -0.0364. The van der Waals surface area contributed by atoms with Crippen LogP contribution >= 0.6 is 0 Å². The Morgan fingerprint density at radius 1 is 1.44 bits per heavy atom. The van der Waals surface area contributed by atoms with Crippen molar-refractivity contribution < 1.29 is 14.6 Å². The summed E-state index contributed by atoms with van der Waals surface area (Å²) in [4.78, 5) is 2.43. The van der Waals surface area contributed by atoms with Gasteiger partial charge < -0.3 is 14.6 Å². The Morgan fingerprint density at radius 3 is 2.88 bits per heavy atom. The normalized spacial score (nSPS) is 41.4. The minimum Gasteiger partial charge on any atom is -0.396 e. The molecule has 2 heterocycles. The van der Waals surface area contributed by atoms with Gasteiger partial charge in [-0.05, 0) is 20.3 Å². The molecule has 3 atom stereocenters. The lowest BCUT2D eigenvalue weighted by atomic mass is 9.87. The maximum Gasteiger partial charge on any atom is 0.0674 e. The van der Waals surface area contributed by atoms with E-state index in [-0.39, 0.29) is 12.0 Å². The zero-order valence-electron chi connectivity index (χ0n) is 10.3. The van der Waals surface area contributed by atoms with Gasteiger partial charge in [0.15, 0.2) is 0 Å². The molecular formula is C12H23NO3. The predicted octanol–water partition coefficient (Wildman–Crippen LogP) is 0.495. The van der Waals surface area contributed by atoms with E-state index in [0.717, 1.165) is 32.7 Å². The standard InChI is InChI=1S/C12H23NO3/c1-10-6-16-11(2)5-13(10)7-12(8-14)3-4-15-9-12/h10-11,14H,3-9H2,1-2H3. The average molecular weight is 229 g/mol. The highest BCUT2D eigenvalue weighted by molar-refractivity contribution is 4.89. The van der Waals surface area contributed by atoms with E-state index in [4.69, 9.17) is 9.47 Å². The highest BCUT2D eigenvalue weighted by atomic mass is 16.5. The van der Waals surface area contributed by atoms with Crippen LogP contribution in [0, 0.1) is 5.41 Å². The average Bonchev–Trinajstić information content (AvgIpc) is 2.73. The highest BCUT2D eigenvalue weighted by Crippen LogP contribution is 2.30. The third kappa shape index (κ3) is 2.56. The molecule has 94 valence electrons. The van der Waals surface area contributed by atoms with E-state index in [1.807, 2.05) is 0 Å². The number of rotatable bonds is 3. The second kappa shape index (κ2) is 5.00. The van der Waals surface area contributed by atoms with Crippen LogP contribution in [-0.2, 0) is 9.47 Å². The van der Waals surface area contributed by atoms with Gasteiger partial charge in [-0.1, -0.05) is 0 Å². The summed E-state index contributed by atoms with van der Waals surface area (Å²) in [5.74, 6) is 0. The zero-order valence-corrected chi connectivity index (χ0v) is 10.3. The van der Waals surface area contributed by atoms with Gasteiger partial charge in [-0.2, -0.15) is 0 Å². The minimum absolute atomic E-state index is 0.0364. The minimum atomic E-state index is -0.0364. The molecule has 0 radical (unpaired) electrons. The fourth-order valence-corrected chi connectivity index (χ4v) is 2.57. The summed E-state index contributed by atoms with van der Waals surface area (Å²) in [6.45, 7) is 8.69. The van der Waals surface area contributed by atoms with Crippen LogP contribution in [0.4, 0.5) is 0 Å². The third-order valence-electron chi connectivity index (χ3n) is 3.80. The van der Waals surface area contributed by atoms with Crippen LogP contribution < -0.4 is 0 Å². The Labute approximate surface area is 97.5 Å². The fourth-order valence-electron chi connectivity index (χ4n) is 2.57. The van der Waals surface area contributed by atoms with E-state index < -0.39 is 0 Å². The van der Waals surface area contributed by atoms with Crippen molar-refractivity contribution in [2.45, 2.75) is 32.4 Å². The smallest absolute Gasteiger partial charge is 0.0674 e. The van der Waals surface area contributed by atoms with Crippen LogP contribution in [0.5, 0.6) is 0 Å². The fraction of sp³-hybridized carbons (Fsp3) is 1.00. The quantitative estimate of drug-likeness (QED) is 0.765. The van der Waals surface area contributed by atoms with E-state index in [2.05, 4.69) is 18.7 Å². The molecule has 2 aliphatic heterocycles. The van der Waals surface area contributed by atoms with E-state index in [1.54, 1.807) is 0 Å². The lowest BCUT2D eigenvalue weighted by Gasteiger charge is -2.41. The van der Waals surface area contributed by atoms with Gasteiger partial charge in [0.1, 0.15) is 0 Å². The summed E-state index contributed by atoms with van der Waals surface area (Å²) in [6, 6.07) is 0.445. The predicted molar refractivity (Wildman–Crippen MR) is 61.4 cm³/mol. The van der Waals surface area contributed by atoms with E-state index in [9.17, 15) is 5.11 Å².